The predicted molar refractivity (Wildman–Crippen MR) is 49.8 cm³/mol. The molecule has 1 aromatic rings. The van der Waals surface area contributed by atoms with Crippen LogP contribution in [0.4, 0.5) is 10.7 Å². The van der Waals surface area contributed by atoms with Crippen LogP contribution in [-0.4, -0.2) is 28.4 Å². The molecule has 0 saturated carbocycles. The largest absolute Gasteiger partial charge is 0.389 e. The van der Waals surface area contributed by atoms with E-state index >= 15 is 0 Å². The van der Waals surface area contributed by atoms with Crippen LogP contribution in [0.2, 0.25) is 0 Å². The quantitative estimate of drug-likeness (QED) is 0.664. The number of hydrogen-bond acceptors (Lipinski definition) is 4. The highest BCUT2D eigenvalue weighted by atomic mass is 16.5. The van der Waals surface area contributed by atoms with E-state index in [1.165, 1.54) is 12.3 Å². The summed E-state index contributed by atoms with van der Waals surface area (Å²) in [5.41, 5.74) is -0.932. The zero-order chi connectivity index (χ0) is 10.6. The van der Waals surface area contributed by atoms with Gasteiger partial charge in [-0.05, 0) is 13.8 Å². The number of carbonyl (C=O) groups excluding carboxylic acids is 1. The molecule has 6 nitrogen and oxygen atoms in total. The smallest absolute Gasteiger partial charge is 0.321 e. The van der Waals surface area contributed by atoms with Crippen molar-refractivity contribution >= 4 is 11.9 Å². The maximum absolute atomic E-state index is 11.1. The molecule has 0 radical (unpaired) electrons. The van der Waals surface area contributed by atoms with Gasteiger partial charge in [0.05, 0.1) is 11.8 Å². The van der Waals surface area contributed by atoms with Crippen LogP contribution in [0.3, 0.4) is 0 Å². The van der Waals surface area contributed by atoms with Crippen molar-refractivity contribution < 1.29 is 14.4 Å². The monoisotopic (exact) mass is 199 g/mol. The van der Waals surface area contributed by atoms with E-state index in [0.29, 0.717) is 0 Å². The lowest BCUT2D eigenvalue weighted by Crippen LogP contribution is -2.40. The number of carbonyl (C=O) groups is 1. The van der Waals surface area contributed by atoms with Gasteiger partial charge in [-0.25, -0.2) is 4.79 Å². The Hall–Kier alpha value is -1.56. The number of aromatic nitrogens is 1. The molecule has 0 atom stereocenters. The lowest BCUT2D eigenvalue weighted by molar-refractivity contribution is 0.0825. The van der Waals surface area contributed by atoms with Gasteiger partial charge in [0, 0.05) is 12.6 Å². The highest BCUT2D eigenvalue weighted by molar-refractivity contribution is 5.87. The van der Waals surface area contributed by atoms with Gasteiger partial charge in [-0.3, -0.25) is 5.32 Å². The van der Waals surface area contributed by atoms with Crippen molar-refractivity contribution in [1.82, 2.24) is 10.5 Å². The highest BCUT2D eigenvalue weighted by Gasteiger charge is 2.14. The van der Waals surface area contributed by atoms with E-state index in [4.69, 9.17) is 0 Å². The average Bonchev–Trinajstić information content (AvgIpc) is 2.52. The molecule has 0 fully saturated rings. The molecule has 14 heavy (non-hydrogen) atoms. The molecule has 0 aliphatic carbocycles. The van der Waals surface area contributed by atoms with Crippen molar-refractivity contribution in [2.45, 2.75) is 19.4 Å². The maximum atomic E-state index is 11.1. The Morgan fingerprint density at radius 3 is 2.93 bits per heavy atom. The van der Waals surface area contributed by atoms with Crippen LogP contribution in [0.15, 0.2) is 16.8 Å². The van der Waals surface area contributed by atoms with E-state index in [-0.39, 0.29) is 12.4 Å². The van der Waals surface area contributed by atoms with Crippen LogP contribution in [-0.2, 0) is 0 Å². The van der Waals surface area contributed by atoms with Crippen molar-refractivity contribution in [3.63, 3.8) is 0 Å². The van der Waals surface area contributed by atoms with Gasteiger partial charge in [0.1, 0.15) is 0 Å². The van der Waals surface area contributed by atoms with Gasteiger partial charge in [-0.2, -0.15) is 0 Å². The topological polar surface area (TPSA) is 87.4 Å². The molecule has 0 spiro atoms. The third-order valence-corrected chi connectivity index (χ3v) is 1.36. The van der Waals surface area contributed by atoms with Crippen molar-refractivity contribution in [2.75, 3.05) is 11.9 Å². The van der Waals surface area contributed by atoms with E-state index < -0.39 is 11.6 Å². The minimum absolute atomic E-state index is 0.160. The molecule has 0 aromatic carbocycles. The van der Waals surface area contributed by atoms with Gasteiger partial charge in [0.25, 0.3) is 0 Å². The molecule has 1 rings (SSSR count). The Morgan fingerprint density at radius 2 is 2.43 bits per heavy atom. The third kappa shape index (κ3) is 3.90. The number of rotatable bonds is 3. The van der Waals surface area contributed by atoms with Gasteiger partial charge in [-0.15, -0.1) is 0 Å². The molecule has 1 aromatic heterocycles. The number of urea groups is 1. The first-order valence-electron chi connectivity index (χ1n) is 4.15. The molecule has 3 N–H and O–H groups in total. The van der Waals surface area contributed by atoms with E-state index in [9.17, 15) is 9.90 Å². The summed E-state index contributed by atoms with van der Waals surface area (Å²) in [5.74, 6) is 0.262. The van der Waals surface area contributed by atoms with Crippen LogP contribution in [0.25, 0.3) is 0 Å². The van der Waals surface area contributed by atoms with Gasteiger partial charge >= 0.3 is 6.03 Å². The van der Waals surface area contributed by atoms with E-state index in [1.54, 1.807) is 13.8 Å². The third-order valence-electron chi connectivity index (χ3n) is 1.36. The Bertz CT molecular complexity index is 289. The average molecular weight is 199 g/mol. The van der Waals surface area contributed by atoms with Crippen molar-refractivity contribution in [3.8, 4) is 0 Å². The lowest BCUT2D eigenvalue weighted by atomic mass is 10.1. The van der Waals surface area contributed by atoms with Crippen molar-refractivity contribution in [1.29, 1.82) is 0 Å². The normalized spacial score (nSPS) is 11.1. The number of hydrogen-bond donors (Lipinski definition) is 3. The summed E-state index contributed by atoms with van der Waals surface area (Å²) in [6, 6.07) is 1.08. The number of aliphatic hydroxyl groups is 1. The number of amides is 2. The summed E-state index contributed by atoms with van der Waals surface area (Å²) < 4.78 is 4.65. The standard InChI is InChI=1S/C8H13N3O3/c1-8(2,13)5-9-7(12)11-6-3-4-10-14-6/h3-4,13H,5H2,1-2H3,(H2,9,11,12). The fourth-order valence-corrected chi connectivity index (χ4v) is 0.733. The maximum Gasteiger partial charge on any atom is 0.321 e. The van der Waals surface area contributed by atoms with Crippen LogP contribution < -0.4 is 10.6 Å². The first kappa shape index (κ1) is 10.5. The molecule has 0 aliphatic heterocycles. The van der Waals surface area contributed by atoms with Crippen LogP contribution in [0.5, 0.6) is 0 Å². The molecule has 6 heteroatoms. The van der Waals surface area contributed by atoms with Crippen LogP contribution in [0, 0.1) is 0 Å². The molecular weight excluding hydrogens is 186 g/mol. The highest BCUT2D eigenvalue weighted by Crippen LogP contribution is 2.03. The number of nitrogens with one attached hydrogen (secondary N) is 2. The molecule has 0 aliphatic rings. The summed E-state index contributed by atoms with van der Waals surface area (Å²) in [7, 11) is 0. The Morgan fingerprint density at radius 1 is 1.71 bits per heavy atom. The zero-order valence-electron chi connectivity index (χ0n) is 8.07. The Balaban J connectivity index is 2.30. The minimum atomic E-state index is -0.932. The van der Waals surface area contributed by atoms with Gasteiger partial charge in [-0.1, -0.05) is 5.16 Å². The lowest BCUT2D eigenvalue weighted by Gasteiger charge is -2.17. The molecule has 0 unspecified atom stereocenters. The predicted octanol–water partition coefficient (Wildman–Crippen LogP) is 0.567. The zero-order valence-corrected chi connectivity index (χ0v) is 8.07. The van der Waals surface area contributed by atoms with Crippen LogP contribution >= 0.6 is 0 Å². The summed E-state index contributed by atoms with van der Waals surface area (Å²) in [4.78, 5) is 11.1. The van der Waals surface area contributed by atoms with Gasteiger partial charge in [0.15, 0.2) is 0 Å². The molecule has 78 valence electrons. The SMILES string of the molecule is CC(C)(O)CNC(=O)Nc1ccno1. The molecule has 1 heterocycles. The number of anilines is 1. The molecule has 2 amide bonds. The van der Waals surface area contributed by atoms with E-state index in [1.807, 2.05) is 0 Å². The van der Waals surface area contributed by atoms with Crippen molar-refractivity contribution in [2.24, 2.45) is 0 Å². The molecular formula is C8H13N3O3. The number of nitrogens with zero attached hydrogens (tertiary/aromatic N) is 1. The Kier molecular flexibility index (Phi) is 3.08. The second-order valence-electron chi connectivity index (χ2n) is 3.50. The molecule has 0 bridgehead atoms. The second kappa shape index (κ2) is 4.10. The fourth-order valence-electron chi connectivity index (χ4n) is 0.733. The Labute approximate surface area is 81.3 Å². The van der Waals surface area contributed by atoms with E-state index in [2.05, 4.69) is 20.3 Å². The summed E-state index contributed by atoms with van der Waals surface area (Å²) in [6.45, 7) is 3.36. The van der Waals surface area contributed by atoms with Gasteiger partial charge in [0.2, 0.25) is 5.88 Å². The molecule has 0 saturated heterocycles. The first-order chi connectivity index (χ1) is 6.47. The first-order valence-corrected chi connectivity index (χ1v) is 4.15. The summed E-state index contributed by atoms with van der Waals surface area (Å²) in [5, 5.41) is 17.6. The summed E-state index contributed by atoms with van der Waals surface area (Å²) >= 11 is 0. The van der Waals surface area contributed by atoms with E-state index in [0.717, 1.165) is 0 Å². The second-order valence-corrected chi connectivity index (χ2v) is 3.50. The fraction of sp³-hybridized carbons (Fsp3) is 0.500. The van der Waals surface area contributed by atoms with Crippen LogP contribution in [0.1, 0.15) is 13.8 Å². The van der Waals surface area contributed by atoms with Crippen molar-refractivity contribution in [3.05, 3.63) is 12.3 Å². The minimum Gasteiger partial charge on any atom is -0.389 e. The summed E-state index contributed by atoms with van der Waals surface area (Å²) in [6.07, 6.45) is 1.42. The van der Waals surface area contributed by atoms with Gasteiger partial charge < -0.3 is 14.9 Å².